The molecule has 0 spiro atoms. The third-order valence-electron chi connectivity index (χ3n) is 5.80. The van der Waals surface area contributed by atoms with Crippen LogP contribution in [0.15, 0.2) is 70.1 Å². The summed E-state index contributed by atoms with van der Waals surface area (Å²) in [6.45, 7) is 3.05. The first kappa shape index (κ1) is 21.1. The van der Waals surface area contributed by atoms with E-state index in [2.05, 4.69) is 48.7 Å². The van der Waals surface area contributed by atoms with Crippen LogP contribution in [0, 0.1) is 5.92 Å². The van der Waals surface area contributed by atoms with Crippen molar-refractivity contribution in [1.82, 2.24) is 4.68 Å². The quantitative estimate of drug-likeness (QED) is 0.405. The van der Waals surface area contributed by atoms with Crippen molar-refractivity contribution in [1.29, 1.82) is 0 Å². The summed E-state index contributed by atoms with van der Waals surface area (Å²) in [6, 6.07) is 18.5. The smallest absolute Gasteiger partial charge is 0.206 e. The second-order valence-electron chi connectivity index (χ2n) is 7.86. The lowest BCUT2D eigenvalue weighted by molar-refractivity contribution is 0.428. The molecule has 3 aromatic rings. The fourth-order valence-electron chi connectivity index (χ4n) is 3.94. The Morgan fingerprint density at radius 3 is 2.60 bits per heavy atom. The highest BCUT2D eigenvalue weighted by molar-refractivity contribution is 7.07. The summed E-state index contributed by atoms with van der Waals surface area (Å²) >= 11 is 7.92. The highest BCUT2D eigenvalue weighted by Gasteiger charge is 2.17. The second-order valence-corrected chi connectivity index (χ2v) is 9.13. The van der Waals surface area contributed by atoms with Crippen molar-refractivity contribution in [3.05, 3.63) is 75.4 Å². The van der Waals surface area contributed by atoms with Gasteiger partial charge in [-0.3, -0.25) is 4.99 Å². The molecule has 0 amide bonds. The van der Waals surface area contributed by atoms with Gasteiger partial charge in [-0.15, -0.1) is 11.3 Å². The predicted molar refractivity (Wildman–Crippen MR) is 128 cm³/mol. The Kier molecular flexibility index (Phi) is 7.19. The highest BCUT2D eigenvalue weighted by atomic mass is 35.5. The molecular weight excluding hydrogens is 410 g/mol. The third kappa shape index (κ3) is 5.30. The molecule has 5 heteroatoms. The zero-order valence-corrected chi connectivity index (χ0v) is 19.0. The summed E-state index contributed by atoms with van der Waals surface area (Å²) in [5.74, 6) is 0.846. The lowest BCUT2D eigenvalue weighted by Gasteiger charge is -2.21. The maximum atomic E-state index is 6.26. The van der Waals surface area contributed by atoms with Crippen molar-refractivity contribution in [2.75, 3.05) is 6.54 Å². The maximum absolute atomic E-state index is 6.26. The molecule has 0 bridgehead atoms. The van der Waals surface area contributed by atoms with E-state index in [4.69, 9.17) is 21.7 Å². The fraction of sp³-hybridized carbons (Fsp3) is 0.360. The molecule has 1 saturated carbocycles. The van der Waals surface area contributed by atoms with Crippen molar-refractivity contribution >= 4 is 28.6 Å². The number of aromatic nitrogens is 1. The lowest BCUT2D eigenvalue weighted by atomic mass is 9.86. The van der Waals surface area contributed by atoms with Crippen LogP contribution in [0.2, 0.25) is 5.02 Å². The molecule has 1 heterocycles. The summed E-state index contributed by atoms with van der Waals surface area (Å²) in [5, 5.41) is 7.97. The fourth-order valence-corrected chi connectivity index (χ4v) is 4.98. The van der Waals surface area contributed by atoms with Crippen molar-refractivity contribution in [2.24, 2.45) is 16.0 Å². The minimum Gasteiger partial charge on any atom is -0.257 e. The Balaban J connectivity index is 1.65. The van der Waals surface area contributed by atoms with Gasteiger partial charge in [-0.25, -0.2) is 4.68 Å². The van der Waals surface area contributed by atoms with Gasteiger partial charge in [0.15, 0.2) is 0 Å². The van der Waals surface area contributed by atoms with E-state index >= 15 is 0 Å². The van der Waals surface area contributed by atoms with E-state index in [-0.39, 0.29) is 0 Å². The van der Waals surface area contributed by atoms with Gasteiger partial charge < -0.3 is 0 Å². The van der Waals surface area contributed by atoms with Gasteiger partial charge in [0.2, 0.25) is 4.80 Å². The number of benzene rings is 2. The van der Waals surface area contributed by atoms with Gasteiger partial charge >= 0.3 is 0 Å². The van der Waals surface area contributed by atoms with Gasteiger partial charge in [0.1, 0.15) is 0 Å². The highest BCUT2D eigenvalue weighted by Crippen LogP contribution is 2.27. The Morgan fingerprint density at radius 2 is 1.87 bits per heavy atom. The topological polar surface area (TPSA) is 29.6 Å². The largest absolute Gasteiger partial charge is 0.257 e. The van der Waals surface area contributed by atoms with E-state index in [1.807, 2.05) is 22.9 Å². The van der Waals surface area contributed by atoms with E-state index in [1.165, 1.54) is 30.5 Å². The number of nitrogens with zero attached hydrogens (tertiary/aromatic N) is 3. The van der Waals surface area contributed by atoms with Crippen molar-refractivity contribution in [3.63, 3.8) is 0 Å². The Hall–Kier alpha value is -2.17. The first-order chi connectivity index (χ1) is 14.7. The van der Waals surface area contributed by atoms with Crippen LogP contribution in [0.3, 0.4) is 0 Å². The van der Waals surface area contributed by atoms with Crippen LogP contribution in [0.4, 0.5) is 0 Å². The Bertz CT molecular complexity index is 1060. The van der Waals surface area contributed by atoms with Crippen LogP contribution in [0.1, 0.15) is 44.6 Å². The van der Waals surface area contributed by atoms with Gasteiger partial charge in [-0.05, 0) is 55.7 Å². The van der Waals surface area contributed by atoms with Crippen LogP contribution in [-0.2, 0) is 6.42 Å². The average Bonchev–Trinajstić information content (AvgIpc) is 3.17. The maximum Gasteiger partial charge on any atom is 0.206 e. The lowest BCUT2D eigenvalue weighted by Crippen LogP contribution is -2.19. The van der Waals surface area contributed by atoms with E-state index in [1.54, 1.807) is 11.3 Å². The van der Waals surface area contributed by atoms with Crippen LogP contribution in [0.5, 0.6) is 0 Å². The third-order valence-corrected chi connectivity index (χ3v) is 6.89. The molecule has 0 saturated heterocycles. The molecule has 0 unspecified atom stereocenters. The minimum absolute atomic E-state index is 0.740. The number of halogens is 1. The summed E-state index contributed by atoms with van der Waals surface area (Å²) in [6.07, 6.45) is 6.85. The molecule has 1 aromatic heterocycles. The molecule has 0 N–H and O–H groups in total. The summed E-state index contributed by atoms with van der Waals surface area (Å²) in [7, 11) is 0. The predicted octanol–water partition coefficient (Wildman–Crippen LogP) is 6.82. The summed E-state index contributed by atoms with van der Waals surface area (Å²) in [5.41, 5.74) is 4.73. The minimum atomic E-state index is 0.740. The van der Waals surface area contributed by atoms with Crippen LogP contribution >= 0.6 is 22.9 Å². The van der Waals surface area contributed by atoms with E-state index in [9.17, 15) is 0 Å². The van der Waals surface area contributed by atoms with Gasteiger partial charge in [0, 0.05) is 28.2 Å². The van der Waals surface area contributed by atoms with Gasteiger partial charge in [-0.1, -0.05) is 67.4 Å². The first-order valence-corrected chi connectivity index (χ1v) is 12.1. The van der Waals surface area contributed by atoms with E-state index in [0.29, 0.717) is 0 Å². The van der Waals surface area contributed by atoms with E-state index < -0.39 is 0 Å². The van der Waals surface area contributed by atoms with Crippen molar-refractivity contribution in [2.45, 2.75) is 45.4 Å². The molecule has 2 aromatic carbocycles. The molecule has 156 valence electrons. The first-order valence-electron chi connectivity index (χ1n) is 10.8. The molecular formula is C25H28ClN3S. The molecule has 30 heavy (non-hydrogen) atoms. The molecule has 1 aliphatic rings. The molecule has 4 rings (SSSR count). The standard InChI is InChI=1S/C25H28ClN3S/c1-2-19-11-13-23(14-12-19)28-29-24(21-9-6-10-22(26)17-21)18-30-25(29)27-16-15-20-7-4-3-5-8-20/h3-10,17-19H,2,11-16H2,1H3. The zero-order chi connectivity index (χ0) is 20.8. The molecule has 0 atom stereocenters. The van der Waals surface area contributed by atoms with Crippen LogP contribution < -0.4 is 4.80 Å². The molecule has 1 fully saturated rings. The van der Waals surface area contributed by atoms with Crippen molar-refractivity contribution < 1.29 is 0 Å². The Labute approximate surface area is 187 Å². The van der Waals surface area contributed by atoms with Crippen LogP contribution in [0.25, 0.3) is 11.3 Å². The van der Waals surface area contributed by atoms with Gasteiger partial charge in [0.05, 0.1) is 5.69 Å². The normalized spacial score (nSPS) is 17.3. The van der Waals surface area contributed by atoms with Crippen LogP contribution in [-0.4, -0.2) is 16.9 Å². The number of thiazole rings is 1. The van der Waals surface area contributed by atoms with E-state index in [0.717, 1.165) is 52.8 Å². The summed E-state index contributed by atoms with van der Waals surface area (Å²) < 4.78 is 2.04. The molecule has 0 radical (unpaired) electrons. The van der Waals surface area contributed by atoms with Gasteiger partial charge in [0.25, 0.3) is 0 Å². The summed E-state index contributed by atoms with van der Waals surface area (Å²) in [4.78, 5) is 5.86. The average molecular weight is 438 g/mol. The zero-order valence-electron chi connectivity index (χ0n) is 17.4. The monoisotopic (exact) mass is 437 g/mol. The SMILES string of the molecule is CCC1CCC(=Nn2c(-c3cccc(Cl)c3)csc2=NCCc2ccccc2)CC1. The molecule has 0 aliphatic heterocycles. The Morgan fingerprint density at radius 1 is 1.07 bits per heavy atom. The number of hydrogen-bond acceptors (Lipinski definition) is 3. The number of hydrogen-bond donors (Lipinski definition) is 0. The second kappa shape index (κ2) is 10.2. The van der Waals surface area contributed by atoms with Crippen molar-refractivity contribution in [3.8, 4) is 11.3 Å². The van der Waals surface area contributed by atoms with Gasteiger partial charge in [-0.2, -0.15) is 5.10 Å². The molecule has 1 aliphatic carbocycles. The number of rotatable bonds is 6. The molecule has 3 nitrogen and oxygen atoms in total.